The molecular formula is C13H17ClN4O3S. The highest BCUT2D eigenvalue weighted by Crippen LogP contribution is 2.21. The van der Waals surface area contributed by atoms with Gasteiger partial charge in [0.15, 0.2) is 16.3 Å². The Morgan fingerprint density at radius 3 is 2.91 bits per heavy atom. The van der Waals surface area contributed by atoms with Crippen molar-refractivity contribution in [3.63, 3.8) is 0 Å². The van der Waals surface area contributed by atoms with E-state index < -0.39 is 11.2 Å². The topological polar surface area (TPSA) is 81.9 Å². The van der Waals surface area contributed by atoms with Gasteiger partial charge < -0.3 is 9.30 Å². The Morgan fingerprint density at radius 1 is 1.45 bits per heavy atom. The van der Waals surface area contributed by atoms with Crippen LogP contribution in [-0.4, -0.2) is 43.9 Å². The maximum Gasteiger partial charge on any atom is 0.329 e. The van der Waals surface area contributed by atoms with E-state index in [2.05, 4.69) is 16.5 Å². The van der Waals surface area contributed by atoms with E-state index in [1.54, 1.807) is 17.7 Å². The van der Waals surface area contributed by atoms with Gasteiger partial charge in [0.05, 0.1) is 13.2 Å². The number of alkyl halides is 1. The van der Waals surface area contributed by atoms with Crippen LogP contribution < -0.4 is 11.2 Å². The summed E-state index contributed by atoms with van der Waals surface area (Å²) in [4.78, 5) is 30.4. The van der Waals surface area contributed by atoms with Crippen molar-refractivity contribution in [2.75, 3.05) is 24.8 Å². The molecule has 7 nitrogen and oxygen atoms in total. The fourth-order valence-electron chi connectivity index (χ4n) is 1.97. The Bertz CT molecular complexity index is 780. The van der Waals surface area contributed by atoms with Crippen molar-refractivity contribution >= 4 is 34.5 Å². The maximum absolute atomic E-state index is 12.1. The normalized spacial score (nSPS) is 11.2. The molecule has 120 valence electrons. The first-order valence-electron chi connectivity index (χ1n) is 6.67. The number of imidazole rings is 1. The van der Waals surface area contributed by atoms with Crippen molar-refractivity contribution in [1.29, 1.82) is 0 Å². The van der Waals surface area contributed by atoms with Crippen molar-refractivity contribution in [3.8, 4) is 0 Å². The van der Waals surface area contributed by atoms with Crippen molar-refractivity contribution in [2.24, 2.45) is 7.05 Å². The highest BCUT2D eigenvalue weighted by Gasteiger charge is 2.16. The zero-order valence-corrected chi connectivity index (χ0v) is 13.7. The van der Waals surface area contributed by atoms with Gasteiger partial charge in [-0.05, 0) is 0 Å². The molecule has 2 aromatic heterocycles. The van der Waals surface area contributed by atoms with E-state index in [9.17, 15) is 9.59 Å². The van der Waals surface area contributed by atoms with E-state index in [4.69, 9.17) is 16.3 Å². The van der Waals surface area contributed by atoms with Crippen LogP contribution in [0.5, 0.6) is 0 Å². The molecule has 22 heavy (non-hydrogen) atoms. The summed E-state index contributed by atoms with van der Waals surface area (Å²) >= 11 is 6.99. The van der Waals surface area contributed by atoms with Crippen LogP contribution in [0.4, 0.5) is 0 Å². The predicted molar refractivity (Wildman–Crippen MR) is 88.1 cm³/mol. The van der Waals surface area contributed by atoms with Crippen LogP contribution in [0.2, 0.25) is 0 Å². The van der Waals surface area contributed by atoms with Crippen molar-refractivity contribution in [2.45, 2.75) is 11.7 Å². The van der Waals surface area contributed by atoms with Crippen LogP contribution in [0.15, 0.2) is 27.4 Å². The fourth-order valence-corrected chi connectivity index (χ4v) is 2.94. The number of aryl methyl sites for hydroxylation is 1. The van der Waals surface area contributed by atoms with Gasteiger partial charge in [-0.3, -0.25) is 14.3 Å². The summed E-state index contributed by atoms with van der Waals surface area (Å²) in [5.74, 6) is 1.13. The van der Waals surface area contributed by atoms with E-state index in [1.165, 1.54) is 16.3 Å². The monoisotopic (exact) mass is 344 g/mol. The van der Waals surface area contributed by atoms with E-state index in [-0.39, 0.29) is 0 Å². The van der Waals surface area contributed by atoms with Crippen LogP contribution >= 0.6 is 23.4 Å². The molecule has 0 radical (unpaired) electrons. The predicted octanol–water partition coefficient (Wildman–Crippen LogP) is 0.957. The number of thioether (sulfide) groups is 1. The van der Waals surface area contributed by atoms with E-state index in [1.807, 2.05) is 0 Å². The summed E-state index contributed by atoms with van der Waals surface area (Å²) in [5, 5.41) is 0.649. The second-order valence-electron chi connectivity index (χ2n) is 4.43. The lowest BCUT2D eigenvalue weighted by Gasteiger charge is -2.05. The second kappa shape index (κ2) is 7.66. The number of nitrogens with zero attached hydrogens (tertiary/aromatic N) is 3. The van der Waals surface area contributed by atoms with Crippen LogP contribution in [-0.2, 0) is 18.3 Å². The van der Waals surface area contributed by atoms with Crippen molar-refractivity contribution in [1.82, 2.24) is 19.1 Å². The minimum atomic E-state index is -0.484. The van der Waals surface area contributed by atoms with Gasteiger partial charge in [0.25, 0.3) is 5.56 Å². The number of aromatic nitrogens is 4. The summed E-state index contributed by atoms with van der Waals surface area (Å²) in [6, 6.07) is 0. The van der Waals surface area contributed by atoms with E-state index in [0.717, 1.165) is 0 Å². The molecule has 0 atom stereocenters. The number of halogens is 1. The first-order valence-corrected chi connectivity index (χ1v) is 8.19. The minimum Gasteiger partial charge on any atom is -0.379 e. The number of nitrogens with one attached hydrogen (secondary N) is 1. The number of ether oxygens (including phenoxy) is 1. The van der Waals surface area contributed by atoms with Gasteiger partial charge >= 0.3 is 5.69 Å². The van der Waals surface area contributed by atoms with Gasteiger partial charge in [-0.1, -0.05) is 17.8 Å². The molecule has 0 aliphatic rings. The number of hydrogen-bond acceptors (Lipinski definition) is 5. The lowest BCUT2D eigenvalue weighted by molar-refractivity contribution is 0.166. The van der Waals surface area contributed by atoms with Gasteiger partial charge in [-0.25, -0.2) is 9.78 Å². The summed E-state index contributed by atoms with van der Waals surface area (Å²) in [6.45, 7) is 5.16. The summed E-state index contributed by atoms with van der Waals surface area (Å²) in [6.07, 6.45) is 1.68. The molecule has 2 aromatic rings. The third-order valence-corrected chi connectivity index (χ3v) is 4.06. The van der Waals surface area contributed by atoms with Gasteiger partial charge in [-0.15, -0.1) is 18.2 Å². The van der Waals surface area contributed by atoms with Crippen LogP contribution in [0, 0.1) is 0 Å². The standard InChI is InChI=1S/C13H17ClN4O3S/c1-3-5-18-9-10(17(2)12(20)16-11(9)19)15-13(18)22-8-7-21-6-4-14/h3H,1,4-8H2,2H3,(H,16,19,20). The molecule has 0 spiro atoms. The first kappa shape index (κ1) is 16.9. The quantitative estimate of drug-likeness (QED) is 0.334. The summed E-state index contributed by atoms with van der Waals surface area (Å²) < 4.78 is 8.38. The van der Waals surface area contributed by atoms with Gasteiger partial charge in [0, 0.05) is 25.2 Å². The molecule has 0 aromatic carbocycles. The van der Waals surface area contributed by atoms with Crippen molar-refractivity contribution in [3.05, 3.63) is 33.5 Å². The highest BCUT2D eigenvalue weighted by atomic mass is 35.5. The SMILES string of the molecule is C=CCn1c(SCCOCCCl)nc2c1c(=O)[nH]c(=O)n2C. The number of aromatic amines is 1. The van der Waals surface area contributed by atoms with Crippen LogP contribution in [0.3, 0.4) is 0 Å². The summed E-state index contributed by atoms with van der Waals surface area (Å²) in [5.41, 5.74) is -0.202. The minimum absolute atomic E-state index is 0.361. The zero-order valence-electron chi connectivity index (χ0n) is 12.2. The molecule has 0 bridgehead atoms. The molecule has 9 heteroatoms. The smallest absolute Gasteiger partial charge is 0.329 e. The molecule has 0 unspecified atom stereocenters. The molecule has 2 rings (SSSR count). The van der Waals surface area contributed by atoms with Crippen molar-refractivity contribution < 1.29 is 4.74 Å². The number of rotatable bonds is 8. The lowest BCUT2D eigenvalue weighted by Crippen LogP contribution is -2.29. The molecule has 0 aliphatic heterocycles. The molecule has 0 aliphatic carbocycles. The molecule has 1 N–H and O–H groups in total. The Labute approximate surface area is 135 Å². The maximum atomic E-state index is 12.1. The second-order valence-corrected chi connectivity index (χ2v) is 5.87. The molecule has 0 saturated carbocycles. The third-order valence-electron chi connectivity index (χ3n) is 2.96. The molecule has 0 amide bonds. The number of H-pyrrole nitrogens is 1. The Hall–Kier alpha value is -1.51. The first-order chi connectivity index (χ1) is 10.6. The van der Waals surface area contributed by atoms with Gasteiger partial charge in [-0.2, -0.15) is 0 Å². The largest absolute Gasteiger partial charge is 0.379 e. The molecular weight excluding hydrogens is 328 g/mol. The number of hydrogen-bond donors (Lipinski definition) is 1. The van der Waals surface area contributed by atoms with Crippen LogP contribution in [0.25, 0.3) is 11.2 Å². The molecule has 2 heterocycles. The highest BCUT2D eigenvalue weighted by molar-refractivity contribution is 7.99. The fraction of sp³-hybridized carbons (Fsp3) is 0.462. The summed E-state index contributed by atoms with van der Waals surface area (Å²) in [7, 11) is 1.57. The molecule has 0 fully saturated rings. The zero-order chi connectivity index (χ0) is 16.1. The third kappa shape index (κ3) is 3.45. The number of allylic oxidation sites excluding steroid dienone is 1. The Kier molecular flexibility index (Phi) is 5.87. The lowest BCUT2D eigenvalue weighted by atomic mass is 10.5. The average molecular weight is 345 g/mol. The van der Waals surface area contributed by atoms with E-state index in [0.29, 0.717) is 47.7 Å². The van der Waals surface area contributed by atoms with E-state index >= 15 is 0 Å². The van der Waals surface area contributed by atoms with Gasteiger partial charge in [0.2, 0.25) is 0 Å². The Balaban J connectivity index is 2.37. The Morgan fingerprint density at radius 2 is 2.23 bits per heavy atom. The molecule has 0 saturated heterocycles. The van der Waals surface area contributed by atoms with Gasteiger partial charge in [0.1, 0.15) is 0 Å². The average Bonchev–Trinajstić information content (AvgIpc) is 2.85. The number of fused-ring (bicyclic) bond motifs is 1. The van der Waals surface area contributed by atoms with Crippen LogP contribution in [0.1, 0.15) is 0 Å².